The fourth-order valence-corrected chi connectivity index (χ4v) is 4.97. The van der Waals surface area contributed by atoms with Gasteiger partial charge in [-0.15, -0.1) is 11.8 Å². The Balaban J connectivity index is 2.17. The number of amides is 2. The van der Waals surface area contributed by atoms with Crippen molar-refractivity contribution in [3.05, 3.63) is 29.8 Å². The number of benzene rings is 1. The first-order valence-corrected chi connectivity index (χ1v) is 11.6. The summed E-state index contributed by atoms with van der Waals surface area (Å²) in [6.45, 7) is 7.47. The molecule has 0 radical (unpaired) electrons. The van der Waals surface area contributed by atoms with Crippen molar-refractivity contribution in [2.75, 3.05) is 22.1 Å². The van der Waals surface area contributed by atoms with Crippen LogP contribution in [0.1, 0.15) is 44.5 Å². The number of thioether (sulfide) groups is 1. The Bertz CT molecular complexity index is 803. The Morgan fingerprint density at radius 2 is 2.00 bits per heavy atom. The lowest BCUT2D eigenvalue weighted by Gasteiger charge is -2.27. The second-order valence-electron chi connectivity index (χ2n) is 7.53. The van der Waals surface area contributed by atoms with E-state index in [1.165, 1.54) is 22.7 Å². The zero-order valence-electron chi connectivity index (χ0n) is 16.1. The van der Waals surface area contributed by atoms with Crippen LogP contribution in [-0.4, -0.2) is 54.1 Å². The number of nitrogens with zero attached hydrogens (tertiary/aromatic N) is 1. The van der Waals surface area contributed by atoms with Crippen LogP contribution in [0.3, 0.4) is 0 Å². The van der Waals surface area contributed by atoms with E-state index in [0.717, 1.165) is 0 Å². The quantitative estimate of drug-likeness (QED) is 0.746. The topological polar surface area (TPSA) is 95.6 Å². The summed E-state index contributed by atoms with van der Waals surface area (Å²) in [6.07, 6.45) is 0.503. The number of carbonyl (C=O) groups is 2. The molecule has 1 aromatic carbocycles. The summed E-state index contributed by atoms with van der Waals surface area (Å²) in [4.78, 5) is 27.0. The molecule has 1 aromatic rings. The number of rotatable bonds is 6. The van der Waals surface area contributed by atoms with Crippen molar-refractivity contribution in [3.63, 3.8) is 0 Å². The van der Waals surface area contributed by atoms with Crippen LogP contribution >= 0.6 is 11.8 Å². The maximum atomic E-state index is 12.9. The Hall–Kier alpha value is -1.74. The molecule has 1 unspecified atom stereocenters. The number of sulfonamides is 1. The van der Waals surface area contributed by atoms with Crippen LogP contribution in [0.25, 0.3) is 0 Å². The van der Waals surface area contributed by atoms with E-state index in [-0.39, 0.29) is 23.1 Å². The number of anilines is 1. The molecule has 0 saturated carbocycles. The molecule has 0 bridgehead atoms. The fourth-order valence-electron chi connectivity index (χ4n) is 2.69. The van der Waals surface area contributed by atoms with E-state index in [0.29, 0.717) is 29.3 Å². The average molecular weight is 414 g/mol. The predicted molar refractivity (Wildman–Crippen MR) is 109 cm³/mol. The Morgan fingerprint density at radius 3 is 2.63 bits per heavy atom. The molecular weight excluding hydrogens is 386 g/mol. The lowest BCUT2D eigenvalue weighted by Crippen LogP contribution is -2.52. The Morgan fingerprint density at radius 1 is 1.30 bits per heavy atom. The second-order valence-corrected chi connectivity index (χ2v) is 10.4. The first-order chi connectivity index (χ1) is 12.5. The molecule has 0 spiro atoms. The van der Waals surface area contributed by atoms with Crippen molar-refractivity contribution in [2.45, 2.75) is 45.7 Å². The molecule has 1 saturated heterocycles. The molecule has 7 nitrogen and oxygen atoms in total. The van der Waals surface area contributed by atoms with Gasteiger partial charge >= 0.3 is 0 Å². The minimum absolute atomic E-state index is 0.0169. The lowest BCUT2D eigenvalue weighted by atomic mass is 10.1. The van der Waals surface area contributed by atoms with E-state index in [1.807, 2.05) is 20.8 Å². The molecule has 9 heteroatoms. The van der Waals surface area contributed by atoms with Crippen molar-refractivity contribution < 1.29 is 18.0 Å². The molecule has 27 heavy (non-hydrogen) atoms. The highest BCUT2D eigenvalue weighted by atomic mass is 32.2. The van der Waals surface area contributed by atoms with Gasteiger partial charge in [-0.05, 0) is 45.4 Å². The maximum Gasteiger partial charge on any atom is 0.255 e. The van der Waals surface area contributed by atoms with Gasteiger partial charge < -0.3 is 10.2 Å². The van der Waals surface area contributed by atoms with Gasteiger partial charge in [0, 0.05) is 22.5 Å². The number of carbonyl (C=O) groups excluding carboxylic acids is 2. The molecule has 1 atom stereocenters. The van der Waals surface area contributed by atoms with Gasteiger partial charge in [-0.1, -0.05) is 13.0 Å². The molecular formula is C18H27N3O4S2. The molecule has 1 fully saturated rings. The molecule has 0 aromatic heterocycles. The molecule has 1 aliphatic heterocycles. The third-order valence-electron chi connectivity index (χ3n) is 3.80. The molecule has 2 N–H and O–H groups in total. The highest BCUT2D eigenvalue weighted by Crippen LogP contribution is 2.25. The van der Waals surface area contributed by atoms with Crippen molar-refractivity contribution in [2.24, 2.45) is 0 Å². The summed E-state index contributed by atoms with van der Waals surface area (Å²) in [7, 11) is -3.43. The van der Waals surface area contributed by atoms with E-state index in [4.69, 9.17) is 0 Å². The molecule has 150 valence electrons. The van der Waals surface area contributed by atoms with E-state index < -0.39 is 16.1 Å². The Kier molecular flexibility index (Phi) is 6.80. The zero-order valence-corrected chi connectivity index (χ0v) is 17.7. The summed E-state index contributed by atoms with van der Waals surface area (Å²) in [5.41, 5.74) is 0.316. The summed E-state index contributed by atoms with van der Waals surface area (Å²) < 4.78 is 26.4. The highest BCUT2D eigenvalue weighted by molar-refractivity contribution is 7.99. The normalized spacial score (nSPS) is 17.6. The van der Waals surface area contributed by atoms with E-state index >= 15 is 0 Å². The average Bonchev–Trinajstić information content (AvgIpc) is 3.02. The smallest absolute Gasteiger partial charge is 0.255 e. The zero-order chi connectivity index (χ0) is 20.2. The van der Waals surface area contributed by atoms with Crippen molar-refractivity contribution in [3.8, 4) is 0 Å². The molecule has 0 aliphatic carbocycles. The minimum atomic E-state index is -3.43. The van der Waals surface area contributed by atoms with E-state index in [1.54, 1.807) is 25.1 Å². The van der Waals surface area contributed by atoms with Crippen LogP contribution in [0.5, 0.6) is 0 Å². The summed E-state index contributed by atoms with van der Waals surface area (Å²) in [5.74, 6) is 0.512. The minimum Gasteiger partial charge on any atom is -0.350 e. The maximum absolute atomic E-state index is 12.9. The van der Waals surface area contributed by atoms with Crippen molar-refractivity contribution in [1.82, 2.24) is 10.2 Å². The van der Waals surface area contributed by atoms with Gasteiger partial charge in [0.15, 0.2) is 0 Å². The summed E-state index contributed by atoms with van der Waals surface area (Å²) >= 11 is 1.52. The summed E-state index contributed by atoms with van der Waals surface area (Å²) in [6, 6.07) is 5.83. The van der Waals surface area contributed by atoms with Crippen LogP contribution < -0.4 is 10.0 Å². The predicted octanol–water partition coefficient (Wildman–Crippen LogP) is 2.27. The molecule has 1 aliphatic rings. The first-order valence-electron chi connectivity index (χ1n) is 8.84. The number of hydrogen-bond donors (Lipinski definition) is 2. The number of nitrogens with one attached hydrogen (secondary N) is 2. The van der Waals surface area contributed by atoms with Gasteiger partial charge in [-0.25, -0.2) is 8.42 Å². The molecule has 2 amide bonds. The third-order valence-corrected chi connectivity index (χ3v) is 6.30. The van der Waals surface area contributed by atoms with Crippen molar-refractivity contribution in [1.29, 1.82) is 0 Å². The van der Waals surface area contributed by atoms with Crippen LogP contribution in [-0.2, 0) is 14.8 Å². The van der Waals surface area contributed by atoms with Gasteiger partial charge in [-0.2, -0.15) is 0 Å². The van der Waals surface area contributed by atoms with Gasteiger partial charge in [0.1, 0.15) is 6.04 Å². The fraction of sp³-hybridized carbons (Fsp3) is 0.556. The monoisotopic (exact) mass is 413 g/mol. The third kappa shape index (κ3) is 6.14. The van der Waals surface area contributed by atoms with Crippen LogP contribution in [0.4, 0.5) is 5.69 Å². The Labute approximate surface area is 165 Å². The molecule has 2 rings (SSSR count). The summed E-state index contributed by atoms with van der Waals surface area (Å²) in [5, 5.41) is 2.92. The van der Waals surface area contributed by atoms with Crippen LogP contribution in [0.15, 0.2) is 24.3 Å². The van der Waals surface area contributed by atoms with Gasteiger partial charge in [-0.3, -0.25) is 14.3 Å². The first kappa shape index (κ1) is 21.6. The van der Waals surface area contributed by atoms with E-state index in [9.17, 15) is 18.0 Å². The van der Waals surface area contributed by atoms with Crippen molar-refractivity contribution >= 4 is 39.3 Å². The van der Waals surface area contributed by atoms with Crippen LogP contribution in [0.2, 0.25) is 0 Å². The molecule has 1 heterocycles. The SMILES string of the molecule is CCCS(=O)(=O)Nc1cccc(C(=O)N2CSCC2C(=O)NC(C)(C)C)c1. The second kappa shape index (κ2) is 8.52. The number of hydrogen-bond acceptors (Lipinski definition) is 5. The largest absolute Gasteiger partial charge is 0.350 e. The standard InChI is InChI=1S/C18H27N3O4S2/c1-5-9-27(24,25)20-14-8-6-7-13(10-14)17(23)21-12-26-11-15(21)16(22)19-18(2,3)4/h6-8,10,15,20H,5,9,11-12H2,1-4H3,(H,19,22). The van der Waals surface area contributed by atoms with Gasteiger partial charge in [0.25, 0.3) is 5.91 Å². The lowest BCUT2D eigenvalue weighted by molar-refractivity contribution is -0.125. The van der Waals surface area contributed by atoms with Crippen LogP contribution in [0, 0.1) is 0 Å². The van der Waals surface area contributed by atoms with Gasteiger partial charge in [0.2, 0.25) is 15.9 Å². The van der Waals surface area contributed by atoms with Gasteiger partial charge in [0.05, 0.1) is 11.6 Å². The van der Waals surface area contributed by atoms with E-state index in [2.05, 4.69) is 10.0 Å². The highest BCUT2D eigenvalue weighted by Gasteiger charge is 2.36.